The van der Waals surface area contributed by atoms with Crippen molar-refractivity contribution in [1.29, 1.82) is 0 Å². The average molecular weight is 427 g/mol. The molecule has 1 N–H and O–H groups in total. The number of carbonyl (C=O) groups excluding carboxylic acids is 1. The standard InChI is InChI=1S/C23H26N2O4S/c1-3-19(27)15-5-7-17(8-6-15)29-12-16(26)11-25-13-24-22-21(23(25)28)18-9-4-14(2)10-20(18)30-22/h5-8,13-14,16,26H,3-4,9-12H2,1-2H3/t14-,16+/m1/s1. The Balaban J connectivity index is 1.44. The van der Waals surface area contributed by atoms with E-state index in [0.29, 0.717) is 29.0 Å². The lowest BCUT2D eigenvalue weighted by molar-refractivity contribution is 0.0913. The second-order valence-corrected chi connectivity index (χ2v) is 9.08. The minimum Gasteiger partial charge on any atom is -0.491 e. The van der Waals surface area contributed by atoms with Gasteiger partial charge in [0.1, 0.15) is 23.3 Å². The van der Waals surface area contributed by atoms with E-state index >= 15 is 0 Å². The number of hydrogen-bond acceptors (Lipinski definition) is 6. The monoisotopic (exact) mass is 426 g/mol. The van der Waals surface area contributed by atoms with Gasteiger partial charge in [0.15, 0.2) is 5.78 Å². The molecule has 2 aromatic heterocycles. The molecule has 0 saturated heterocycles. The van der Waals surface area contributed by atoms with Crippen LogP contribution in [0.15, 0.2) is 35.4 Å². The van der Waals surface area contributed by atoms with Crippen LogP contribution in [0.1, 0.15) is 47.5 Å². The molecule has 6 nitrogen and oxygen atoms in total. The third-order valence-electron chi connectivity index (χ3n) is 5.63. The average Bonchev–Trinajstić information content (AvgIpc) is 3.12. The number of benzene rings is 1. The first-order chi connectivity index (χ1) is 14.5. The van der Waals surface area contributed by atoms with Gasteiger partial charge in [-0.15, -0.1) is 11.3 Å². The summed E-state index contributed by atoms with van der Waals surface area (Å²) in [6.07, 6.45) is 4.14. The molecule has 3 aromatic rings. The van der Waals surface area contributed by atoms with Gasteiger partial charge in [-0.1, -0.05) is 13.8 Å². The molecule has 1 aliphatic carbocycles. The lowest BCUT2D eigenvalue weighted by Crippen LogP contribution is -2.30. The number of thiophene rings is 1. The highest BCUT2D eigenvalue weighted by Crippen LogP contribution is 2.35. The summed E-state index contributed by atoms with van der Waals surface area (Å²) in [6, 6.07) is 6.87. The zero-order chi connectivity index (χ0) is 21.3. The van der Waals surface area contributed by atoms with Crippen LogP contribution in [0.3, 0.4) is 0 Å². The SMILES string of the molecule is CCC(=O)c1ccc(OC[C@@H](O)Cn2cnc3sc4c(c3c2=O)CC[C@@H](C)C4)cc1. The summed E-state index contributed by atoms with van der Waals surface area (Å²) in [5, 5.41) is 11.1. The van der Waals surface area contributed by atoms with Gasteiger partial charge >= 0.3 is 0 Å². The van der Waals surface area contributed by atoms with Crippen LogP contribution in [-0.2, 0) is 19.4 Å². The fraction of sp³-hybridized carbons (Fsp3) is 0.435. The lowest BCUT2D eigenvalue weighted by Gasteiger charge is -2.17. The topological polar surface area (TPSA) is 81.4 Å². The molecule has 1 aromatic carbocycles. The third-order valence-corrected chi connectivity index (χ3v) is 6.79. The van der Waals surface area contributed by atoms with Crippen LogP contribution >= 0.6 is 11.3 Å². The summed E-state index contributed by atoms with van der Waals surface area (Å²) in [4.78, 5) is 31.3. The summed E-state index contributed by atoms with van der Waals surface area (Å²) in [5.41, 5.74) is 1.70. The maximum Gasteiger partial charge on any atom is 0.262 e. The van der Waals surface area contributed by atoms with Crippen molar-refractivity contribution in [3.8, 4) is 5.75 Å². The predicted molar refractivity (Wildman–Crippen MR) is 118 cm³/mol. The molecule has 30 heavy (non-hydrogen) atoms. The van der Waals surface area contributed by atoms with Crippen LogP contribution in [0, 0.1) is 5.92 Å². The molecule has 7 heteroatoms. The molecule has 4 rings (SSSR count). The van der Waals surface area contributed by atoms with E-state index in [1.165, 1.54) is 15.8 Å². The normalized spacial score (nSPS) is 17.0. The predicted octanol–water partition coefficient (Wildman–Crippen LogP) is 3.62. The second kappa shape index (κ2) is 8.70. The van der Waals surface area contributed by atoms with Crippen molar-refractivity contribution in [2.75, 3.05) is 6.61 Å². The molecule has 0 fully saturated rings. The second-order valence-electron chi connectivity index (χ2n) is 8.00. The number of aryl methyl sites for hydroxylation is 1. The minimum atomic E-state index is -0.853. The Kier molecular flexibility index (Phi) is 6.01. The first-order valence-corrected chi connectivity index (χ1v) is 11.2. The number of ketones is 1. The zero-order valence-electron chi connectivity index (χ0n) is 17.3. The van der Waals surface area contributed by atoms with Crippen LogP contribution in [-0.4, -0.2) is 33.2 Å². The zero-order valence-corrected chi connectivity index (χ0v) is 18.1. The van der Waals surface area contributed by atoms with E-state index in [4.69, 9.17) is 4.74 Å². The van der Waals surface area contributed by atoms with Crippen LogP contribution in [0.25, 0.3) is 10.2 Å². The maximum atomic E-state index is 13.0. The van der Waals surface area contributed by atoms with E-state index in [9.17, 15) is 14.7 Å². The maximum absolute atomic E-state index is 13.0. The molecule has 0 unspecified atom stereocenters. The Morgan fingerprint density at radius 3 is 2.87 bits per heavy atom. The van der Waals surface area contributed by atoms with Gasteiger partial charge in [-0.3, -0.25) is 14.2 Å². The van der Waals surface area contributed by atoms with Crippen LogP contribution in [0.5, 0.6) is 5.75 Å². The Morgan fingerprint density at radius 2 is 2.13 bits per heavy atom. The van der Waals surface area contributed by atoms with Gasteiger partial charge in [0, 0.05) is 16.9 Å². The quantitative estimate of drug-likeness (QED) is 0.584. The first kappa shape index (κ1) is 20.8. The van der Waals surface area contributed by atoms with Gasteiger partial charge in [0.2, 0.25) is 0 Å². The van der Waals surface area contributed by atoms with Crippen molar-refractivity contribution >= 4 is 27.3 Å². The van der Waals surface area contributed by atoms with Gasteiger partial charge in [0.05, 0.1) is 18.3 Å². The minimum absolute atomic E-state index is 0.0464. The molecule has 0 spiro atoms. The van der Waals surface area contributed by atoms with Crippen LogP contribution in [0.2, 0.25) is 0 Å². The van der Waals surface area contributed by atoms with Gasteiger partial charge in [-0.05, 0) is 55.0 Å². The molecule has 0 aliphatic heterocycles. The number of aliphatic hydroxyl groups excluding tert-OH is 1. The summed E-state index contributed by atoms with van der Waals surface area (Å²) in [6.45, 7) is 4.23. The van der Waals surface area contributed by atoms with Gasteiger partial charge in [-0.2, -0.15) is 0 Å². The number of nitrogens with zero attached hydrogens (tertiary/aromatic N) is 2. The molecule has 0 saturated carbocycles. The van der Waals surface area contributed by atoms with E-state index in [-0.39, 0.29) is 24.5 Å². The highest BCUT2D eigenvalue weighted by molar-refractivity contribution is 7.18. The first-order valence-electron chi connectivity index (χ1n) is 10.4. The number of aromatic nitrogens is 2. The highest BCUT2D eigenvalue weighted by Gasteiger charge is 2.23. The largest absolute Gasteiger partial charge is 0.491 e. The number of rotatable bonds is 7. The Labute approximate surface area is 179 Å². The van der Waals surface area contributed by atoms with E-state index in [2.05, 4.69) is 11.9 Å². The number of ether oxygens (including phenoxy) is 1. The summed E-state index contributed by atoms with van der Waals surface area (Å²) in [5.74, 6) is 1.29. The van der Waals surface area contributed by atoms with Crippen molar-refractivity contribution in [3.05, 3.63) is 57.0 Å². The molecule has 0 radical (unpaired) electrons. The Hall–Kier alpha value is -2.51. The molecular weight excluding hydrogens is 400 g/mol. The van der Waals surface area contributed by atoms with E-state index in [1.54, 1.807) is 35.6 Å². The fourth-order valence-electron chi connectivity index (χ4n) is 3.91. The Morgan fingerprint density at radius 1 is 1.37 bits per heavy atom. The van der Waals surface area contributed by atoms with Crippen molar-refractivity contribution in [3.63, 3.8) is 0 Å². The molecule has 1 aliphatic rings. The smallest absolute Gasteiger partial charge is 0.262 e. The highest BCUT2D eigenvalue weighted by atomic mass is 32.1. The van der Waals surface area contributed by atoms with Gasteiger partial charge < -0.3 is 9.84 Å². The van der Waals surface area contributed by atoms with E-state index < -0.39 is 6.10 Å². The van der Waals surface area contributed by atoms with Crippen molar-refractivity contribution in [2.45, 2.75) is 52.2 Å². The number of hydrogen-bond donors (Lipinski definition) is 1. The molecule has 0 bridgehead atoms. The molecular formula is C23H26N2O4S. The van der Waals surface area contributed by atoms with E-state index in [0.717, 1.165) is 29.7 Å². The number of fused-ring (bicyclic) bond motifs is 3. The molecule has 2 heterocycles. The summed E-state index contributed by atoms with van der Waals surface area (Å²) < 4.78 is 7.10. The van der Waals surface area contributed by atoms with Gasteiger partial charge in [0.25, 0.3) is 5.56 Å². The lowest BCUT2D eigenvalue weighted by atomic mass is 9.89. The van der Waals surface area contributed by atoms with Crippen LogP contribution in [0.4, 0.5) is 0 Å². The van der Waals surface area contributed by atoms with Crippen molar-refractivity contribution in [2.24, 2.45) is 5.92 Å². The summed E-state index contributed by atoms with van der Waals surface area (Å²) in [7, 11) is 0. The number of Topliss-reactive ketones (excluding diaryl/α,β-unsaturated/α-hetero) is 1. The number of carbonyl (C=O) groups is 1. The van der Waals surface area contributed by atoms with Crippen molar-refractivity contribution < 1.29 is 14.6 Å². The Bertz CT molecular complexity index is 1120. The molecule has 0 amide bonds. The summed E-state index contributed by atoms with van der Waals surface area (Å²) >= 11 is 1.62. The van der Waals surface area contributed by atoms with Gasteiger partial charge in [-0.25, -0.2) is 4.98 Å². The third kappa shape index (κ3) is 4.18. The van der Waals surface area contributed by atoms with Crippen molar-refractivity contribution in [1.82, 2.24) is 9.55 Å². The van der Waals surface area contributed by atoms with Crippen LogP contribution < -0.4 is 10.3 Å². The fourth-order valence-corrected chi connectivity index (χ4v) is 5.25. The van der Waals surface area contributed by atoms with E-state index in [1.807, 2.05) is 6.92 Å². The molecule has 2 atom stereocenters. The number of aliphatic hydroxyl groups is 1. The molecule has 158 valence electrons.